The highest BCUT2D eigenvalue weighted by Crippen LogP contribution is 2.25. The van der Waals surface area contributed by atoms with Crippen LogP contribution < -0.4 is 10.5 Å². The highest BCUT2D eigenvalue weighted by atomic mass is 79.9. The zero-order valence-corrected chi connectivity index (χ0v) is 14.2. The van der Waals surface area contributed by atoms with Crippen LogP contribution in [-0.4, -0.2) is 13.4 Å². The van der Waals surface area contributed by atoms with E-state index in [1.165, 1.54) is 12.1 Å². The molecule has 1 heterocycles. The lowest BCUT2D eigenvalue weighted by molar-refractivity contribution is 0.598. The largest absolute Gasteiger partial charge is 0.378 e. The summed E-state index contributed by atoms with van der Waals surface area (Å²) < 4.78 is 23.9. The first-order valence-electron chi connectivity index (χ1n) is 5.54. The van der Waals surface area contributed by atoms with Crippen molar-refractivity contribution in [2.45, 2.75) is 11.4 Å². The number of hydrogen-bond donors (Lipinski definition) is 2. The van der Waals surface area contributed by atoms with Gasteiger partial charge in [0.15, 0.2) is 0 Å². The van der Waals surface area contributed by atoms with Crippen LogP contribution in [0, 0.1) is 0 Å². The molecule has 0 fully saturated rings. The minimum atomic E-state index is -3.69. The lowest BCUT2D eigenvalue weighted by Crippen LogP contribution is -2.12. The van der Waals surface area contributed by atoms with Crippen LogP contribution in [0.5, 0.6) is 0 Å². The molecule has 1 aromatic carbocycles. The Morgan fingerprint density at radius 3 is 2.55 bits per heavy atom. The Kier molecular flexibility index (Phi) is 4.79. The summed E-state index contributed by atoms with van der Waals surface area (Å²) in [7, 11) is -3.69. The monoisotopic (exact) mass is 419 g/mol. The van der Waals surface area contributed by atoms with Crippen molar-refractivity contribution >= 4 is 47.6 Å². The van der Waals surface area contributed by atoms with Crippen molar-refractivity contribution in [1.82, 2.24) is 4.98 Å². The number of nitrogens with one attached hydrogen (secondary N) is 1. The maximum absolute atomic E-state index is 11.2. The van der Waals surface area contributed by atoms with Crippen molar-refractivity contribution in [3.05, 3.63) is 51.2 Å². The minimum Gasteiger partial charge on any atom is -0.378 e. The fourth-order valence-corrected chi connectivity index (χ4v) is 3.14. The van der Waals surface area contributed by atoms with Gasteiger partial charge in [0.05, 0.1) is 17.1 Å². The molecule has 20 heavy (non-hydrogen) atoms. The maximum Gasteiger partial charge on any atom is 0.238 e. The molecule has 2 aromatic rings. The summed E-state index contributed by atoms with van der Waals surface area (Å²) in [6.07, 6.45) is 0. The number of nitrogens with zero attached hydrogens (tertiary/aromatic N) is 1. The third-order valence-electron chi connectivity index (χ3n) is 2.50. The normalized spacial score (nSPS) is 11.3. The van der Waals surface area contributed by atoms with Crippen LogP contribution in [0.15, 0.2) is 50.4 Å². The van der Waals surface area contributed by atoms with Gasteiger partial charge in [0.2, 0.25) is 10.0 Å². The van der Waals surface area contributed by atoms with Gasteiger partial charge in [0, 0.05) is 10.2 Å². The first-order valence-corrected chi connectivity index (χ1v) is 8.67. The third-order valence-corrected chi connectivity index (χ3v) is 4.51. The van der Waals surface area contributed by atoms with Gasteiger partial charge in [0.1, 0.15) is 4.60 Å². The minimum absolute atomic E-state index is 0.0653. The zero-order chi connectivity index (χ0) is 14.8. The lowest BCUT2D eigenvalue weighted by Gasteiger charge is -2.09. The Hall–Kier alpha value is -0.960. The molecule has 8 heteroatoms. The van der Waals surface area contributed by atoms with E-state index in [1.807, 2.05) is 18.2 Å². The van der Waals surface area contributed by atoms with Crippen LogP contribution in [0.4, 0.5) is 5.69 Å². The van der Waals surface area contributed by atoms with Crippen molar-refractivity contribution in [2.75, 3.05) is 5.32 Å². The van der Waals surface area contributed by atoms with E-state index >= 15 is 0 Å². The predicted molar refractivity (Wildman–Crippen MR) is 84.8 cm³/mol. The Morgan fingerprint density at radius 1 is 1.20 bits per heavy atom. The Bertz CT molecular complexity index is 735. The van der Waals surface area contributed by atoms with Crippen LogP contribution in [0.3, 0.4) is 0 Å². The number of halogens is 2. The van der Waals surface area contributed by atoms with E-state index < -0.39 is 10.0 Å². The number of hydrogen-bond acceptors (Lipinski definition) is 4. The molecule has 3 N–H and O–H groups in total. The number of pyridine rings is 1. The lowest BCUT2D eigenvalue weighted by atomic mass is 10.3. The van der Waals surface area contributed by atoms with Crippen LogP contribution in [-0.2, 0) is 16.6 Å². The second-order valence-corrected chi connectivity index (χ2v) is 7.22. The van der Waals surface area contributed by atoms with Gasteiger partial charge < -0.3 is 5.32 Å². The Labute approximate surface area is 133 Å². The number of primary sulfonamides is 1. The molecule has 2 rings (SSSR count). The molecular formula is C12H11Br2N3O2S. The van der Waals surface area contributed by atoms with E-state index in [0.717, 1.165) is 16.0 Å². The standard InChI is InChI=1S/C12H11Br2N3O2S/c13-10-6-9(20(15,18)19)4-5-11(10)16-7-8-2-1-3-12(14)17-8/h1-6,16H,7H2,(H2,15,18,19). The van der Waals surface area contributed by atoms with Gasteiger partial charge in [-0.2, -0.15) is 0 Å². The summed E-state index contributed by atoms with van der Waals surface area (Å²) in [6.45, 7) is 0.521. The van der Waals surface area contributed by atoms with E-state index in [0.29, 0.717) is 11.0 Å². The van der Waals surface area contributed by atoms with Crippen molar-refractivity contribution < 1.29 is 8.42 Å². The van der Waals surface area contributed by atoms with Gasteiger partial charge in [-0.1, -0.05) is 6.07 Å². The molecule has 0 aliphatic carbocycles. The number of anilines is 1. The molecule has 0 unspecified atom stereocenters. The van der Waals surface area contributed by atoms with Crippen LogP contribution in [0.1, 0.15) is 5.69 Å². The summed E-state index contributed by atoms with van der Waals surface area (Å²) in [6, 6.07) is 10.2. The molecule has 0 saturated heterocycles. The molecule has 0 aliphatic heterocycles. The summed E-state index contributed by atoms with van der Waals surface area (Å²) in [5, 5.41) is 8.24. The second kappa shape index (κ2) is 6.21. The average Bonchev–Trinajstić information content (AvgIpc) is 2.36. The smallest absolute Gasteiger partial charge is 0.238 e. The predicted octanol–water partition coefficient (Wildman–Crippen LogP) is 2.87. The van der Waals surface area contributed by atoms with Gasteiger partial charge in [-0.15, -0.1) is 0 Å². The van der Waals surface area contributed by atoms with Gasteiger partial charge in [0.25, 0.3) is 0 Å². The molecule has 1 aromatic heterocycles. The Balaban J connectivity index is 2.15. The number of nitrogens with two attached hydrogens (primary N) is 1. The second-order valence-electron chi connectivity index (χ2n) is 3.99. The summed E-state index contributed by atoms with van der Waals surface area (Å²) >= 11 is 6.62. The fourth-order valence-electron chi connectivity index (χ4n) is 1.55. The molecule has 0 spiro atoms. The van der Waals surface area contributed by atoms with Crippen LogP contribution >= 0.6 is 31.9 Å². The van der Waals surface area contributed by atoms with Crippen molar-refractivity contribution in [3.63, 3.8) is 0 Å². The molecule has 0 bridgehead atoms. The molecule has 0 saturated carbocycles. The zero-order valence-electron chi connectivity index (χ0n) is 10.2. The van der Waals surface area contributed by atoms with Crippen LogP contribution in [0.25, 0.3) is 0 Å². The molecule has 5 nitrogen and oxygen atoms in total. The van der Waals surface area contributed by atoms with Gasteiger partial charge in [-0.3, -0.25) is 0 Å². The number of rotatable bonds is 4. The van der Waals surface area contributed by atoms with Gasteiger partial charge >= 0.3 is 0 Å². The van der Waals surface area contributed by atoms with Gasteiger partial charge in [-0.25, -0.2) is 18.5 Å². The maximum atomic E-state index is 11.2. The molecule has 0 aliphatic rings. The summed E-state index contributed by atoms with van der Waals surface area (Å²) in [5.74, 6) is 0. The fraction of sp³-hybridized carbons (Fsp3) is 0.0833. The molecular weight excluding hydrogens is 410 g/mol. The third kappa shape index (κ3) is 4.02. The van der Waals surface area contributed by atoms with Crippen LogP contribution in [0.2, 0.25) is 0 Å². The first-order chi connectivity index (χ1) is 9.36. The van der Waals surface area contributed by atoms with Gasteiger partial charge in [-0.05, 0) is 62.2 Å². The number of sulfonamides is 1. The van der Waals surface area contributed by atoms with Crippen molar-refractivity contribution in [2.24, 2.45) is 5.14 Å². The van der Waals surface area contributed by atoms with E-state index in [9.17, 15) is 8.42 Å². The van der Waals surface area contributed by atoms with E-state index in [2.05, 4.69) is 42.2 Å². The molecule has 0 atom stereocenters. The van der Waals surface area contributed by atoms with Crippen molar-refractivity contribution in [3.8, 4) is 0 Å². The number of aromatic nitrogens is 1. The van der Waals surface area contributed by atoms with Crippen molar-refractivity contribution in [1.29, 1.82) is 0 Å². The van der Waals surface area contributed by atoms with E-state index in [-0.39, 0.29) is 4.90 Å². The average molecular weight is 421 g/mol. The highest BCUT2D eigenvalue weighted by Gasteiger charge is 2.10. The van der Waals surface area contributed by atoms with E-state index in [4.69, 9.17) is 5.14 Å². The summed E-state index contributed by atoms with van der Waals surface area (Å²) in [4.78, 5) is 4.36. The Morgan fingerprint density at radius 2 is 1.95 bits per heavy atom. The topological polar surface area (TPSA) is 85.1 Å². The molecule has 0 radical (unpaired) electrons. The molecule has 106 valence electrons. The highest BCUT2D eigenvalue weighted by molar-refractivity contribution is 9.10. The number of benzene rings is 1. The first kappa shape index (κ1) is 15.4. The van der Waals surface area contributed by atoms with E-state index in [1.54, 1.807) is 6.07 Å². The quantitative estimate of drug-likeness (QED) is 0.744. The SMILES string of the molecule is NS(=O)(=O)c1ccc(NCc2cccc(Br)n2)c(Br)c1. The molecule has 0 amide bonds. The summed E-state index contributed by atoms with van der Waals surface area (Å²) in [5.41, 5.74) is 1.63.